The minimum absolute atomic E-state index is 0.412. The molecule has 0 amide bonds. The third-order valence-electron chi connectivity index (χ3n) is 3.51. The van der Waals surface area contributed by atoms with Gasteiger partial charge >= 0.3 is 6.18 Å². The Labute approximate surface area is 172 Å². The highest BCUT2D eigenvalue weighted by molar-refractivity contribution is 8.53. The zero-order valence-electron chi connectivity index (χ0n) is 13.0. The number of alkyl halides is 6. The van der Waals surface area contributed by atoms with Crippen LogP contribution < -0.4 is 0 Å². The summed E-state index contributed by atoms with van der Waals surface area (Å²) >= 11 is 11.6. The first kappa shape index (κ1) is 23.2. The number of halogens is 10. The van der Waals surface area contributed by atoms with Gasteiger partial charge in [-0.2, -0.15) is 18.4 Å². The van der Waals surface area contributed by atoms with Crippen molar-refractivity contribution < 1.29 is 30.6 Å². The second kappa shape index (κ2) is 7.29. The van der Waals surface area contributed by atoms with Gasteiger partial charge in [-0.3, -0.25) is 0 Å². The van der Waals surface area contributed by atoms with Gasteiger partial charge < -0.3 is 4.57 Å². The smallest absolute Gasteiger partial charge is 0.310 e. The molecule has 0 bridgehead atoms. The van der Waals surface area contributed by atoms with Crippen LogP contribution in [-0.2, 0) is 13.7 Å². The summed E-state index contributed by atoms with van der Waals surface area (Å²) < 4.78 is 91.9. The number of rotatable bonds is 4. The lowest BCUT2D eigenvalue weighted by Crippen LogP contribution is -2.19. The molecule has 0 saturated heterocycles. The van der Waals surface area contributed by atoms with Gasteiger partial charge in [0, 0.05) is 6.20 Å². The first-order valence-corrected chi connectivity index (χ1v) is 11.3. The van der Waals surface area contributed by atoms with E-state index in [9.17, 15) is 35.8 Å². The molecule has 1 heterocycles. The lowest BCUT2D eigenvalue weighted by Gasteiger charge is -2.23. The lowest BCUT2D eigenvalue weighted by atomic mass is 10.2. The van der Waals surface area contributed by atoms with Crippen LogP contribution in [0, 0.1) is 11.3 Å². The van der Waals surface area contributed by atoms with Crippen molar-refractivity contribution in [1.82, 2.24) is 4.57 Å². The molecule has 1 aromatic heterocycles. The third-order valence-corrected chi connectivity index (χ3v) is 7.07. The van der Waals surface area contributed by atoms with Gasteiger partial charge in [-0.05, 0) is 33.5 Å². The van der Waals surface area contributed by atoms with E-state index in [1.165, 1.54) is 6.07 Å². The summed E-state index contributed by atoms with van der Waals surface area (Å²) in [6, 6.07) is 0.218. The van der Waals surface area contributed by atoms with Crippen molar-refractivity contribution in [2.75, 3.05) is 6.01 Å². The van der Waals surface area contributed by atoms with Gasteiger partial charge in [0.25, 0.3) is 6.43 Å². The maximum absolute atomic E-state index is 13.6. The Morgan fingerprint density at radius 2 is 1.68 bits per heavy atom. The molecule has 0 aliphatic rings. The van der Waals surface area contributed by atoms with Crippen molar-refractivity contribution >= 4 is 52.1 Å². The van der Waals surface area contributed by atoms with Crippen LogP contribution in [0.3, 0.4) is 0 Å². The van der Waals surface area contributed by atoms with E-state index < -0.39 is 63.6 Å². The maximum Gasteiger partial charge on any atom is 0.416 e. The summed E-state index contributed by atoms with van der Waals surface area (Å²) in [5.41, 5.74) is -4.04. The van der Waals surface area contributed by atoms with Gasteiger partial charge in [-0.15, -0.1) is 0 Å². The molecule has 28 heavy (non-hydrogen) atoms. The van der Waals surface area contributed by atoms with Gasteiger partial charge in [-0.1, -0.05) is 23.2 Å². The summed E-state index contributed by atoms with van der Waals surface area (Å²) in [4.78, 5) is -0.965. The highest BCUT2D eigenvalue weighted by Gasteiger charge is 2.42. The maximum atomic E-state index is 13.6. The predicted octanol–water partition coefficient (Wildman–Crippen LogP) is 7.03. The molecular formula is C14H6Cl4F6N2OS. The first-order valence-electron chi connectivity index (χ1n) is 6.78. The fourth-order valence-electron chi connectivity index (χ4n) is 2.32. The van der Waals surface area contributed by atoms with Crippen molar-refractivity contribution in [3.63, 3.8) is 0 Å². The van der Waals surface area contributed by atoms with Crippen LogP contribution in [-0.4, -0.2) is 14.8 Å². The minimum Gasteiger partial charge on any atom is -0.310 e. The van der Waals surface area contributed by atoms with Crippen molar-refractivity contribution in [3.05, 3.63) is 45.2 Å². The van der Waals surface area contributed by atoms with Crippen LogP contribution in [0.4, 0.5) is 26.3 Å². The van der Waals surface area contributed by atoms with E-state index in [1.807, 2.05) is 0 Å². The van der Waals surface area contributed by atoms with Crippen LogP contribution >= 0.6 is 44.6 Å². The normalized spacial score (nSPS) is 14.0. The average molecular weight is 506 g/mol. The molecule has 0 atom stereocenters. The molecule has 0 fully saturated rings. The lowest BCUT2D eigenvalue weighted by molar-refractivity contribution is -0.137. The zero-order chi connectivity index (χ0) is 21.7. The van der Waals surface area contributed by atoms with Crippen molar-refractivity contribution in [1.29, 1.82) is 5.26 Å². The topological polar surface area (TPSA) is 45.8 Å². The summed E-state index contributed by atoms with van der Waals surface area (Å²) in [7, 11) is 5.69. The van der Waals surface area contributed by atoms with Crippen molar-refractivity contribution in [2.24, 2.45) is 0 Å². The highest BCUT2D eigenvalue weighted by atomic mass is 36.0. The number of hydrogen-bond donors (Lipinski definition) is 0. The SMILES string of the molecule is N#Cc1c(S(=O)(Cl)(Cl)CF)cn(-c2c(Cl)cc(C(F)(F)F)cc2Cl)c1C(F)F. The summed E-state index contributed by atoms with van der Waals surface area (Å²) in [6.45, 7) is 0. The quantitative estimate of drug-likeness (QED) is 0.331. The number of nitriles is 1. The van der Waals surface area contributed by atoms with Gasteiger partial charge in [0.15, 0.2) is 6.01 Å². The van der Waals surface area contributed by atoms with E-state index in [1.54, 1.807) is 0 Å². The number of hydrogen-bond acceptors (Lipinski definition) is 2. The molecule has 2 aromatic rings. The number of aromatic nitrogens is 1. The largest absolute Gasteiger partial charge is 0.416 e. The standard InChI is InChI=1S/C14H6Cl4F6N2OS/c15-8-1-6(14(22,23)24)2-9(16)12(8)26-4-10(28(17,18,27)5-19)7(3-25)11(26)13(20)21/h1-2,4,13H,5H2. The number of nitrogens with zero attached hydrogens (tertiary/aromatic N) is 2. The van der Waals surface area contributed by atoms with Crippen LogP contribution in [0.25, 0.3) is 5.69 Å². The molecule has 2 rings (SSSR count). The van der Waals surface area contributed by atoms with Crippen molar-refractivity contribution in [3.8, 4) is 11.8 Å². The summed E-state index contributed by atoms with van der Waals surface area (Å²) in [5.74, 6) is 0. The fourth-order valence-corrected chi connectivity index (χ4v) is 4.64. The second-order valence-electron chi connectivity index (χ2n) is 5.33. The van der Waals surface area contributed by atoms with Gasteiger partial charge in [0.2, 0.25) is 0 Å². The highest BCUT2D eigenvalue weighted by Crippen LogP contribution is 2.50. The monoisotopic (exact) mass is 504 g/mol. The molecule has 0 aliphatic heterocycles. The van der Waals surface area contributed by atoms with Crippen LogP contribution in [0.2, 0.25) is 10.0 Å². The Morgan fingerprint density at radius 1 is 1.18 bits per heavy atom. The predicted molar refractivity (Wildman–Crippen MR) is 94.6 cm³/mol. The fraction of sp³-hybridized carbons (Fsp3) is 0.214. The van der Waals surface area contributed by atoms with E-state index in [0.717, 1.165) is 0 Å². The molecule has 1 aromatic carbocycles. The molecular weight excluding hydrogens is 500 g/mol. The van der Waals surface area contributed by atoms with Crippen LogP contribution in [0.15, 0.2) is 23.2 Å². The Balaban J connectivity index is 2.94. The van der Waals surface area contributed by atoms with Crippen molar-refractivity contribution in [2.45, 2.75) is 17.5 Å². The zero-order valence-corrected chi connectivity index (χ0v) is 16.8. The molecule has 0 unspecified atom stereocenters. The second-order valence-corrected chi connectivity index (χ2v) is 13.0. The number of benzene rings is 1. The first-order chi connectivity index (χ1) is 12.6. The molecule has 0 radical (unpaired) electrons. The van der Waals surface area contributed by atoms with Crippen LogP contribution in [0.5, 0.6) is 0 Å². The Morgan fingerprint density at radius 3 is 2.04 bits per heavy atom. The van der Waals surface area contributed by atoms with E-state index in [-0.39, 0.29) is 0 Å². The van der Waals surface area contributed by atoms with Gasteiger partial charge in [-0.25, -0.2) is 17.4 Å². The molecule has 0 spiro atoms. The molecule has 3 nitrogen and oxygen atoms in total. The Kier molecular flexibility index (Phi) is 6.03. The molecule has 0 aliphatic carbocycles. The van der Waals surface area contributed by atoms with E-state index >= 15 is 0 Å². The van der Waals surface area contributed by atoms with E-state index in [0.29, 0.717) is 22.9 Å². The third kappa shape index (κ3) is 4.09. The Hall–Kier alpha value is -1.12. The van der Waals surface area contributed by atoms with Gasteiger partial charge in [0.05, 0.1) is 39.2 Å². The molecule has 0 saturated carbocycles. The average Bonchev–Trinajstić information content (AvgIpc) is 2.94. The van der Waals surface area contributed by atoms with Crippen LogP contribution in [0.1, 0.15) is 23.2 Å². The molecule has 0 N–H and O–H groups in total. The summed E-state index contributed by atoms with van der Waals surface area (Å²) in [5, 5.41) is 7.76. The molecule has 154 valence electrons. The Bertz CT molecular complexity index is 1030. The minimum atomic E-state index is -5.40. The molecule has 14 heteroatoms. The van der Waals surface area contributed by atoms with E-state index in [2.05, 4.69) is 0 Å². The van der Waals surface area contributed by atoms with Gasteiger partial charge in [0.1, 0.15) is 11.8 Å². The summed E-state index contributed by atoms with van der Waals surface area (Å²) in [6.07, 6.45) is -7.74. The van der Waals surface area contributed by atoms with E-state index in [4.69, 9.17) is 44.6 Å².